The van der Waals surface area contributed by atoms with Crippen molar-refractivity contribution in [3.8, 4) is 0 Å². The van der Waals surface area contributed by atoms with Crippen LogP contribution in [0.2, 0.25) is 0 Å². The van der Waals surface area contributed by atoms with E-state index < -0.39 is 6.09 Å². The average Bonchev–Trinajstić information content (AvgIpc) is 2.84. The molecule has 82 valence electrons. The number of hydrogen-bond acceptors (Lipinski definition) is 5. The maximum Gasteiger partial charge on any atom is 0.436 e. The fourth-order valence-electron chi connectivity index (χ4n) is 1.62. The van der Waals surface area contributed by atoms with E-state index in [-0.39, 0.29) is 11.9 Å². The van der Waals surface area contributed by atoms with Crippen LogP contribution < -0.4 is 5.73 Å². The molecule has 6 heteroatoms. The largest absolute Gasteiger partial charge is 0.451 e. The van der Waals surface area contributed by atoms with Gasteiger partial charge in [0.2, 0.25) is 0 Å². The summed E-state index contributed by atoms with van der Waals surface area (Å²) in [5.74, 6) is 0.271. The molecule has 1 aromatic heterocycles. The Bertz CT molecular complexity index is 369. The van der Waals surface area contributed by atoms with Crippen molar-refractivity contribution >= 4 is 11.9 Å². The highest BCUT2D eigenvalue weighted by Gasteiger charge is 2.23. The predicted molar refractivity (Wildman–Crippen MR) is 52.4 cm³/mol. The number of aromatic nitrogens is 2. The Kier molecular flexibility index (Phi) is 2.59. The van der Waals surface area contributed by atoms with Gasteiger partial charge in [-0.3, -0.25) is 0 Å². The first-order valence-corrected chi connectivity index (χ1v) is 4.77. The summed E-state index contributed by atoms with van der Waals surface area (Å²) in [6, 6.07) is 1.65. The van der Waals surface area contributed by atoms with Crippen molar-refractivity contribution in [1.29, 1.82) is 0 Å². The molecule has 6 nitrogen and oxygen atoms in total. The smallest absolute Gasteiger partial charge is 0.436 e. The van der Waals surface area contributed by atoms with Gasteiger partial charge in [-0.1, -0.05) is 0 Å². The number of nitrogens with two attached hydrogens (primary N) is 1. The summed E-state index contributed by atoms with van der Waals surface area (Å²) in [6.45, 7) is 0.732. The van der Waals surface area contributed by atoms with Gasteiger partial charge in [0.15, 0.2) is 0 Å². The summed E-state index contributed by atoms with van der Waals surface area (Å²) in [5, 5.41) is 4.05. The van der Waals surface area contributed by atoms with Gasteiger partial charge < -0.3 is 15.2 Å². The maximum absolute atomic E-state index is 11.2. The van der Waals surface area contributed by atoms with Crippen LogP contribution in [-0.2, 0) is 9.47 Å². The first-order chi connectivity index (χ1) is 7.22. The number of carbonyl (C=O) groups is 1. The van der Waals surface area contributed by atoms with Crippen LogP contribution in [-0.4, -0.2) is 29.6 Å². The molecule has 1 aliphatic heterocycles. The van der Waals surface area contributed by atoms with Crippen LogP contribution in [0, 0.1) is 0 Å². The number of carbonyl (C=O) groups excluding carboxylic acids is 1. The van der Waals surface area contributed by atoms with E-state index in [9.17, 15) is 4.79 Å². The molecular formula is C9H13N3O3. The quantitative estimate of drug-likeness (QED) is 0.747. The fourth-order valence-corrected chi connectivity index (χ4v) is 1.62. The highest BCUT2D eigenvalue weighted by atomic mass is 16.5. The Balaban J connectivity index is 2.23. The lowest BCUT2D eigenvalue weighted by molar-refractivity contribution is 0.108. The van der Waals surface area contributed by atoms with Crippen molar-refractivity contribution < 1.29 is 14.3 Å². The molecule has 0 radical (unpaired) electrons. The first-order valence-electron chi connectivity index (χ1n) is 4.77. The number of ether oxygens (including phenoxy) is 2. The van der Waals surface area contributed by atoms with Gasteiger partial charge in [0.1, 0.15) is 11.9 Å². The maximum atomic E-state index is 11.2. The first kappa shape index (κ1) is 9.97. The average molecular weight is 211 g/mol. The third-order valence-electron chi connectivity index (χ3n) is 2.36. The van der Waals surface area contributed by atoms with Crippen molar-refractivity contribution in [1.82, 2.24) is 9.78 Å². The summed E-state index contributed by atoms with van der Waals surface area (Å²) in [4.78, 5) is 11.2. The molecular weight excluding hydrogens is 198 g/mol. The topological polar surface area (TPSA) is 79.4 Å². The number of hydrogen-bond donors (Lipinski definition) is 1. The second kappa shape index (κ2) is 3.90. The second-order valence-corrected chi connectivity index (χ2v) is 3.38. The standard InChI is InChI=1S/C9H13N3O3/c1-14-9(13)12-8(10)5-6(11-12)7-3-2-4-15-7/h5,7H,2-4,10H2,1H3. The molecule has 1 unspecified atom stereocenters. The molecule has 1 atom stereocenters. The van der Waals surface area contributed by atoms with E-state index in [4.69, 9.17) is 10.5 Å². The fraction of sp³-hybridized carbons (Fsp3) is 0.556. The van der Waals surface area contributed by atoms with Crippen molar-refractivity contribution in [3.63, 3.8) is 0 Å². The zero-order valence-electron chi connectivity index (χ0n) is 8.47. The number of methoxy groups -OCH3 is 1. The third kappa shape index (κ3) is 1.80. The summed E-state index contributed by atoms with van der Waals surface area (Å²) in [5.41, 5.74) is 6.32. The van der Waals surface area contributed by atoms with Crippen LogP contribution in [0.5, 0.6) is 0 Å². The minimum Gasteiger partial charge on any atom is -0.451 e. The zero-order valence-corrected chi connectivity index (χ0v) is 8.47. The lowest BCUT2D eigenvalue weighted by Crippen LogP contribution is -2.15. The molecule has 0 amide bonds. The molecule has 1 aliphatic rings. The Labute approximate surface area is 87.0 Å². The lowest BCUT2D eigenvalue weighted by atomic mass is 10.2. The Morgan fingerprint density at radius 2 is 2.60 bits per heavy atom. The van der Waals surface area contributed by atoms with Crippen molar-refractivity contribution in [3.05, 3.63) is 11.8 Å². The molecule has 1 aromatic rings. The number of nitrogens with zero attached hydrogens (tertiary/aromatic N) is 2. The van der Waals surface area contributed by atoms with Gasteiger partial charge in [0.25, 0.3) is 0 Å². The van der Waals surface area contributed by atoms with Crippen LogP contribution in [0.1, 0.15) is 24.6 Å². The summed E-state index contributed by atoms with van der Waals surface area (Å²) in [6.07, 6.45) is 1.29. The molecule has 0 aliphatic carbocycles. The molecule has 15 heavy (non-hydrogen) atoms. The van der Waals surface area contributed by atoms with Gasteiger partial charge in [0, 0.05) is 12.7 Å². The molecule has 2 heterocycles. The van der Waals surface area contributed by atoms with Gasteiger partial charge in [-0.05, 0) is 12.8 Å². The lowest BCUT2D eigenvalue weighted by Gasteiger charge is -2.03. The predicted octanol–water partition coefficient (Wildman–Crippen LogP) is 0.931. The molecule has 0 saturated carbocycles. The molecule has 1 fully saturated rings. The van der Waals surface area contributed by atoms with Crippen LogP contribution in [0.25, 0.3) is 0 Å². The van der Waals surface area contributed by atoms with Crippen LogP contribution in [0.4, 0.5) is 10.6 Å². The van der Waals surface area contributed by atoms with Crippen molar-refractivity contribution in [2.45, 2.75) is 18.9 Å². The highest BCUT2D eigenvalue weighted by molar-refractivity contribution is 5.73. The van der Waals surface area contributed by atoms with Crippen LogP contribution >= 0.6 is 0 Å². The SMILES string of the molecule is COC(=O)n1nc(C2CCCO2)cc1N. The van der Waals surface area contributed by atoms with Gasteiger partial charge in [-0.15, -0.1) is 4.68 Å². The normalized spacial score (nSPS) is 20.5. The molecule has 0 bridgehead atoms. The molecule has 0 aromatic carbocycles. The van der Waals surface area contributed by atoms with Gasteiger partial charge in [0.05, 0.1) is 12.8 Å². The number of rotatable bonds is 1. The van der Waals surface area contributed by atoms with Crippen LogP contribution in [0.3, 0.4) is 0 Å². The minimum absolute atomic E-state index is 0.0433. The summed E-state index contributed by atoms with van der Waals surface area (Å²) in [7, 11) is 1.29. The van der Waals surface area contributed by atoms with Gasteiger partial charge >= 0.3 is 6.09 Å². The monoisotopic (exact) mass is 211 g/mol. The van der Waals surface area contributed by atoms with E-state index >= 15 is 0 Å². The van der Waals surface area contributed by atoms with E-state index in [1.54, 1.807) is 6.07 Å². The van der Waals surface area contributed by atoms with E-state index in [0.29, 0.717) is 5.69 Å². The zero-order chi connectivity index (χ0) is 10.8. The highest BCUT2D eigenvalue weighted by Crippen LogP contribution is 2.28. The van der Waals surface area contributed by atoms with Crippen molar-refractivity contribution in [2.75, 3.05) is 19.5 Å². The molecule has 1 saturated heterocycles. The molecule has 2 rings (SSSR count). The molecule has 2 N–H and O–H groups in total. The number of anilines is 1. The van der Waals surface area contributed by atoms with E-state index in [2.05, 4.69) is 9.84 Å². The van der Waals surface area contributed by atoms with E-state index in [0.717, 1.165) is 24.1 Å². The van der Waals surface area contributed by atoms with E-state index in [1.165, 1.54) is 7.11 Å². The number of nitrogen functional groups attached to an aromatic ring is 1. The van der Waals surface area contributed by atoms with Gasteiger partial charge in [-0.25, -0.2) is 4.79 Å². The van der Waals surface area contributed by atoms with E-state index in [1.807, 2.05) is 0 Å². The summed E-state index contributed by atoms with van der Waals surface area (Å²) < 4.78 is 11.0. The van der Waals surface area contributed by atoms with Crippen molar-refractivity contribution in [2.24, 2.45) is 0 Å². The Morgan fingerprint density at radius 3 is 3.20 bits per heavy atom. The Morgan fingerprint density at radius 1 is 1.80 bits per heavy atom. The molecule has 0 spiro atoms. The minimum atomic E-state index is -0.586. The second-order valence-electron chi connectivity index (χ2n) is 3.38. The summed E-state index contributed by atoms with van der Waals surface area (Å²) >= 11 is 0. The van der Waals surface area contributed by atoms with Crippen LogP contribution in [0.15, 0.2) is 6.07 Å². The van der Waals surface area contributed by atoms with Gasteiger partial charge in [-0.2, -0.15) is 5.10 Å². The third-order valence-corrected chi connectivity index (χ3v) is 2.36. The Hall–Kier alpha value is -1.56.